The van der Waals surface area contributed by atoms with Crippen molar-refractivity contribution in [2.24, 2.45) is 0 Å². The van der Waals surface area contributed by atoms with Gasteiger partial charge in [0.2, 0.25) is 0 Å². The number of aryl methyl sites for hydroxylation is 3. The highest BCUT2D eigenvalue weighted by atomic mass is 16.2. The Morgan fingerprint density at radius 3 is 2.67 bits per heavy atom. The van der Waals surface area contributed by atoms with Gasteiger partial charge in [-0.2, -0.15) is 0 Å². The molecule has 4 heteroatoms. The summed E-state index contributed by atoms with van der Waals surface area (Å²) >= 11 is 0. The molecule has 1 aromatic carbocycles. The Morgan fingerprint density at radius 2 is 1.92 bits per heavy atom. The number of fused-ring (bicyclic) bond motifs is 1. The van der Waals surface area contributed by atoms with E-state index in [0.717, 1.165) is 33.3 Å². The predicted molar refractivity (Wildman–Crippen MR) is 96.0 cm³/mol. The fourth-order valence-electron chi connectivity index (χ4n) is 2.79. The molecule has 2 heterocycles. The first kappa shape index (κ1) is 16.1. The molecule has 0 saturated carbocycles. The molecule has 0 aliphatic rings. The molecule has 3 rings (SSSR count). The average molecular weight is 319 g/mol. The number of nitrogens with zero attached hydrogens (tertiary/aromatic N) is 3. The third-order valence-corrected chi connectivity index (χ3v) is 4.30. The molecular weight excluding hydrogens is 298 g/mol. The molecule has 1 amide bonds. The van der Waals surface area contributed by atoms with Gasteiger partial charge in [-0.15, -0.1) is 0 Å². The second-order valence-electron chi connectivity index (χ2n) is 6.28. The Balaban J connectivity index is 1.91. The van der Waals surface area contributed by atoms with Crippen LogP contribution < -0.4 is 0 Å². The lowest BCUT2D eigenvalue weighted by molar-refractivity contribution is 0.0784. The van der Waals surface area contributed by atoms with Gasteiger partial charge in [0.1, 0.15) is 0 Å². The van der Waals surface area contributed by atoms with Crippen molar-refractivity contribution in [1.29, 1.82) is 0 Å². The molecule has 0 spiro atoms. The monoisotopic (exact) mass is 319 g/mol. The van der Waals surface area contributed by atoms with Crippen LogP contribution in [-0.2, 0) is 6.54 Å². The predicted octanol–water partition coefficient (Wildman–Crippen LogP) is 3.83. The maximum Gasteiger partial charge on any atom is 0.255 e. The van der Waals surface area contributed by atoms with E-state index >= 15 is 0 Å². The number of hydrogen-bond donors (Lipinski definition) is 0. The molecule has 0 saturated heterocycles. The molecular formula is C20H21N3O. The summed E-state index contributed by atoms with van der Waals surface area (Å²) in [7, 11) is 1.81. The van der Waals surface area contributed by atoms with Crippen LogP contribution in [-0.4, -0.2) is 27.8 Å². The fraction of sp³-hybridized carbons (Fsp3) is 0.250. The Bertz CT molecular complexity index is 918. The maximum absolute atomic E-state index is 12.9. The summed E-state index contributed by atoms with van der Waals surface area (Å²) in [6.07, 6.45) is 3.58. The van der Waals surface area contributed by atoms with E-state index in [9.17, 15) is 4.79 Å². The second-order valence-corrected chi connectivity index (χ2v) is 6.28. The largest absolute Gasteiger partial charge is 0.337 e. The molecule has 0 radical (unpaired) electrons. The SMILES string of the molecule is Cc1ccc2cc(C(=O)N(C)Cc3cnccc3C)c(C)nc2c1. The lowest BCUT2D eigenvalue weighted by Crippen LogP contribution is -2.27. The molecule has 4 nitrogen and oxygen atoms in total. The Hall–Kier alpha value is -2.75. The van der Waals surface area contributed by atoms with Crippen LogP contribution in [0, 0.1) is 20.8 Å². The molecule has 122 valence electrons. The van der Waals surface area contributed by atoms with Crippen LogP contribution in [0.2, 0.25) is 0 Å². The minimum absolute atomic E-state index is 0.0225. The van der Waals surface area contributed by atoms with Crippen molar-refractivity contribution in [1.82, 2.24) is 14.9 Å². The van der Waals surface area contributed by atoms with Crippen LogP contribution in [0.5, 0.6) is 0 Å². The van der Waals surface area contributed by atoms with Crippen molar-refractivity contribution in [2.45, 2.75) is 27.3 Å². The number of carbonyl (C=O) groups is 1. The lowest BCUT2D eigenvalue weighted by Gasteiger charge is -2.19. The summed E-state index contributed by atoms with van der Waals surface area (Å²) in [6.45, 7) is 6.49. The van der Waals surface area contributed by atoms with Crippen molar-refractivity contribution in [2.75, 3.05) is 7.05 Å². The first-order chi connectivity index (χ1) is 11.5. The van der Waals surface area contributed by atoms with Gasteiger partial charge in [-0.05, 0) is 55.7 Å². The number of amides is 1. The third-order valence-electron chi connectivity index (χ3n) is 4.30. The zero-order valence-electron chi connectivity index (χ0n) is 14.5. The molecule has 0 unspecified atom stereocenters. The highest BCUT2D eigenvalue weighted by Gasteiger charge is 2.17. The van der Waals surface area contributed by atoms with Crippen molar-refractivity contribution < 1.29 is 4.79 Å². The van der Waals surface area contributed by atoms with E-state index in [0.29, 0.717) is 12.1 Å². The van der Waals surface area contributed by atoms with Gasteiger partial charge in [0, 0.05) is 31.4 Å². The number of rotatable bonds is 3. The standard InChI is InChI=1S/C20H21N3O/c1-13-5-6-16-10-18(15(3)22-19(16)9-13)20(24)23(4)12-17-11-21-8-7-14(17)2/h5-11H,12H2,1-4H3. The topological polar surface area (TPSA) is 46.1 Å². The summed E-state index contributed by atoms with van der Waals surface area (Å²) in [5, 5.41) is 0.987. The van der Waals surface area contributed by atoms with Crippen LogP contribution in [0.1, 0.15) is 32.7 Å². The summed E-state index contributed by atoms with van der Waals surface area (Å²) in [6, 6.07) is 9.99. The van der Waals surface area contributed by atoms with Crippen molar-refractivity contribution in [3.05, 3.63) is 70.7 Å². The lowest BCUT2D eigenvalue weighted by atomic mass is 10.1. The van der Waals surface area contributed by atoms with E-state index < -0.39 is 0 Å². The number of hydrogen-bond acceptors (Lipinski definition) is 3. The second kappa shape index (κ2) is 6.40. The van der Waals surface area contributed by atoms with Gasteiger partial charge in [-0.3, -0.25) is 14.8 Å². The quantitative estimate of drug-likeness (QED) is 0.737. The Kier molecular flexibility index (Phi) is 4.30. The van der Waals surface area contributed by atoms with Gasteiger partial charge in [-0.25, -0.2) is 0 Å². The highest BCUT2D eigenvalue weighted by Crippen LogP contribution is 2.20. The van der Waals surface area contributed by atoms with Gasteiger partial charge in [0.05, 0.1) is 16.8 Å². The van der Waals surface area contributed by atoms with Crippen LogP contribution in [0.4, 0.5) is 0 Å². The van der Waals surface area contributed by atoms with Crippen LogP contribution >= 0.6 is 0 Å². The molecule has 0 N–H and O–H groups in total. The molecule has 0 bridgehead atoms. The minimum Gasteiger partial charge on any atom is -0.337 e. The number of benzene rings is 1. The molecule has 2 aromatic heterocycles. The van der Waals surface area contributed by atoms with Crippen molar-refractivity contribution in [3.8, 4) is 0 Å². The van der Waals surface area contributed by atoms with Gasteiger partial charge < -0.3 is 4.90 Å². The molecule has 0 atom stereocenters. The number of aromatic nitrogens is 2. The normalized spacial score (nSPS) is 10.8. The minimum atomic E-state index is -0.0225. The molecule has 24 heavy (non-hydrogen) atoms. The van der Waals surface area contributed by atoms with E-state index in [1.165, 1.54) is 0 Å². The van der Waals surface area contributed by atoms with Crippen molar-refractivity contribution in [3.63, 3.8) is 0 Å². The highest BCUT2D eigenvalue weighted by molar-refractivity contribution is 5.98. The van der Waals surface area contributed by atoms with E-state index in [1.807, 2.05) is 64.3 Å². The zero-order chi connectivity index (χ0) is 17.3. The summed E-state index contributed by atoms with van der Waals surface area (Å²) in [4.78, 5) is 23.3. The van der Waals surface area contributed by atoms with Crippen LogP contribution in [0.15, 0.2) is 42.7 Å². The first-order valence-corrected chi connectivity index (χ1v) is 7.98. The molecule has 0 aliphatic heterocycles. The van der Waals surface area contributed by atoms with Gasteiger partial charge >= 0.3 is 0 Å². The Labute approximate surface area is 142 Å². The van der Waals surface area contributed by atoms with E-state index in [4.69, 9.17) is 0 Å². The summed E-state index contributed by atoms with van der Waals surface area (Å²) in [5.41, 5.74) is 5.68. The first-order valence-electron chi connectivity index (χ1n) is 7.98. The van der Waals surface area contributed by atoms with E-state index in [2.05, 4.69) is 9.97 Å². The fourth-order valence-corrected chi connectivity index (χ4v) is 2.79. The summed E-state index contributed by atoms with van der Waals surface area (Å²) < 4.78 is 0. The number of pyridine rings is 2. The van der Waals surface area contributed by atoms with Crippen LogP contribution in [0.3, 0.4) is 0 Å². The Morgan fingerprint density at radius 1 is 1.12 bits per heavy atom. The van der Waals surface area contributed by atoms with Crippen molar-refractivity contribution >= 4 is 16.8 Å². The maximum atomic E-state index is 12.9. The number of carbonyl (C=O) groups excluding carboxylic acids is 1. The van der Waals surface area contributed by atoms with Crippen LogP contribution in [0.25, 0.3) is 10.9 Å². The van der Waals surface area contributed by atoms with E-state index in [1.54, 1.807) is 11.1 Å². The average Bonchev–Trinajstić information content (AvgIpc) is 2.55. The zero-order valence-corrected chi connectivity index (χ0v) is 14.5. The third kappa shape index (κ3) is 3.13. The van der Waals surface area contributed by atoms with Gasteiger partial charge in [0.15, 0.2) is 0 Å². The smallest absolute Gasteiger partial charge is 0.255 e. The van der Waals surface area contributed by atoms with E-state index in [-0.39, 0.29) is 5.91 Å². The summed E-state index contributed by atoms with van der Waals surface area (Å²) in [5.74, 6) is -0.0225. The molecule has 3 aromatic rings. The van der Waals surface area contributed by atoms with Gasteiger partial charge in [-0.1, -0.05) is 12.1 Å². The molecule has 0 aliphatic carbocycles. The van der Waals surface area contributed by atoms with Gasteiger partial charge in [0.25, 0.3) is 5.91 Å². The molecule has 0 fully saturated rings.